The Hall–Kier alpha value is -2.40. The van der Waals surface area contributed by atoms with Gasteiger partial charge >= 0.3 is 5.97 Å². The summed E-state index contributed by atoms with van der Waals surface area (Å²) >= 11 is 1.53. The third-order valence-corrected chi connectivity index (χ3v) is 5.09. The van der Waals surface area contributed by atoms with Crippen molar-refractivity contribution in [2.45, 2.75) is 6.04 Å². The number of methoxy groups -OCH3 is 1. The minimum atomic E-state index is -1.29. The first kappa shape index (κ1) is 15.5. The van der Waals surface area contributed by atoms with Crippen LogP contribution in [0.15, 0.2) is 53.9 Å². The lowest BCUT2D eigenvalue weighted by atomic mass is 9.69. The summed E-state index contributed by atoms with van der Waals surface area (Å²) in [6.07, 6.45) is 3.49. The van der Waals surface area contributed by atoms with Crippen LogP contribution < -0.4 is 0 Å². The van der Waals surface area contributed by atoms with Crippen LogP contribution in [0.2, 0.25) is 0 Å². The van der Waals surface area contributed by atoms with Gasteiger partial charge < -0.3 is 9.64 Å². The van der Waals surface area contributed by atoms with Gasteiger partial charge in [-0.15, -0.1) is 11.3 Å². The van der Waals surface area contributed by atoms with Crippen molar-refractivity contribution < 1.29 is 14.3 Å². The maximum Gasteiger partial charge on any atom is 0.327 e. The summed E-state index contributed by atoms with van der Waals surface area (Å²) in [5.41, 5.74) is -0.354. The number of carbonyl (C=O) groups excluding carboxylic acids is 2. The molecule has 1 saturated heterocycles. The SMILES string of the molecule is COC(=O)[C@]1(/C=C/c2ccccc2)C(=O)N(C)[C@@H]1c1cccs1. The maximum absolute atomic E-state index is 12.6. The summed E-state index contributed by atoms with van der Waals surface area (Å²) in [6, 6.07) is 13.1. The fourth-order valence-electron chi connectivity index (χ4n) is 3.02. The summed E-state index contributed by atoms with van der Waals surface area (Å²) in [6.45, 7) is 0. The Bertz CT molecular complexity index is 729. The smallest absolute Gasteiger partial charge is 0.327 e. The van der Waals surface area contributed by atoms with E-state index in [4.69, 9.17) is 4.74 Å². The third kappa shape index (κ3) is 2.37. The van der Waals surface area contributed by atoms with E-state index in [1.807, 2.05) is 53.9 Å². The van der Waals surface area contributed by atoms with Crippen molar-refractivity contribution in [1.82, 2.24) is 4.90 Å². The lowest BCUT2D eigenvalue weighted by Crippen LogP contribution is -2.64. The summed E-state index contributed by atoms with van der Waals surface area (Å²) in [5.74, 6) is -0.763. The number of ether oxygens (including phenoxy) is 1. The summed E-state index contributed by atoms with van der Waals surface area (Å²) in [7, 11) is 3.03. The van der Waals surface area contributed by atoms with E-state index in [0.29, 0.717) is 0 Å². The molecule has 118 valence electrons. The first-order valence-electron chi connectivity index (χ1n) is 7.24. The number of likely N-dealkylation sites (tertiary alicyclic amines) is 1. The highest BCUT2D eigenvalue weighted by atomic mass is 32.1. The topological polar surface area (TPSA) is 46.6 Å². The van der Waals surface area contributed by atoms with Crippen LogP contribution in [0.25, 0.3) is 6.08 Å². The van der Waals surface area contributed by atoms with Crippen molar-refractivity contribution in [2.24, 2.45) is 5.41 Å². The number of hydrogen-bond donors (Lipinski definition) is 0. The predicted octanol–water partition coefficient (Wildman–Crippen LogP) is 3.13. The molecule has 4 nitrogen and oxygen atoms in total. The molecule has 3 rings (SSSR count). The molecule has 2 atom stereocenters. The van der Waals surface area contributed by atoms with E-state index >= 15 is 0 Å². The molecule has 1 aromatic carbocycles. The fraction of sp³-hybridized carbons (Fsp3) is 0.222. The Morgan fingerprint density at radius 3 is 2.61 bits per heavy atom. The van der Waals surface area contributed by atoms with Gasteiger partial charge in [-0.05, 0) is 17.0 Å². The molecule has 1 amide bonds. The van der Waals surface area contributed by atoms with E-state index in [0.717, 1.165) is 10.4 Å². The Balaban J connectivity index is 2.04. The van der Waals surface area contributed by atoms with Gasteiger partial charge in [-0.1, -0.05) is 48.6 Å². The first-order chi connectivity index (χ1) is 11.1. The average molecular weight is 327 g/mol. The molecule has 0 aliphatic carbocycles. The highest BCUT2D eigenvalue weighted by Crippen LogP contribution is 2.52. The second kappa shape index (κ2) is 6.01. The van der Waals surface area contributed by atoms with Gasteiger partial charge in [0.05, 0.1) is 13.2 Å². The molecular formula is C18H17NO3S. The molecule has 0 radical (unpaired) electrons. The highest BCUT2D eigenvalue weighted by molar-refractivity contribution is 7.10. The van der Waals surface area contributed by atoms with Gasteiger partial charge in [-0.2, -0.15) is 0 Å². The third-order valence-electron chi connectivity index (χ3n) is 4.17. The quantitative estimate of drug-likeness (QED) is 0.492. The minimum absolute atomic E-state index is 0.241. The number of rotatable bonds is 4. The fourth-order valence-corrected chi connectivity index (χ4v) is 3.96. The van der Waals surface area contributed by atoms with Gasteiger partial charge in [0.25, 0.3) is 0 Å². The van der Waals surface area contributed by atoms with Crippen molar-refractivity contribution >= 4 is 29.3 Å². The standard InChI is InChI=1S/C18H17NO3S/c1-19-15(14-9-6-12-23-14)18(16(19)20,17(21)22-2)11-10-13-7-4-3-5-8-13/h3-12,15H,1-2H3/b11-10+/t15-,18+/m1/s1. The molecule has 0 spiro atoms. The van der Waals surface area contributed by atoms with E-state index in [1.54, 1.807) is 18.0 Å². The number of β-lactam (4-membered cyclic amide) rings is 1. The molecule has 23 heavy (non-hydrogen) atoms. The second-order valence-corrected chi connectivity index (χ2v) is 6.42. The largest absolute Gasteiger partial charge is 0.468 e. The van der Waals surface area contributed by atoms with Gasteiger partial charge in [0, 0.05) is 11.9 Å². The van der Waals surface area contributed by atoms with Crippen LogP contribution in [0.4, 0.5) is 0 Å². The molecule has 1 aliphatic heterocycles. The summed E-state index contributed by atoms with van der Waals surface area (Å²) in [4.78, 5) is 27.6. The van der Waals surface area contributed by atoms with Gasteiger partial charge in [0.2, 0.25) is 5.91 Å². The predicted molar refractivity (Wildman–Crippen MR) is 89.8 cm³/mol. The number of benzene rings is 1. The zero-order valence-corrected chi connectivity index (χ0v) is 13.7. The van der Waals surface area contributed by atoms with Crippen molar-refractivity contribution in [3.63, 3.8) is 0 Å². The van der Waals surface area contributed by atoms with Gasteiger partial charge in [-0.3, -0.25) is 9.59 Å². The summed E-state index contributed by atoms with van der Waals surface area (Å²) < 4.78 is 4.96. The summed E-state index contributed by atoms with van der Waals surface area (Å²) in [5, 5.41) is 1.94. The molecular weight excluding hydrogens is 310 g/mol. The van der Waals surface area contributed by atoms with Crippen molar-refractivity contribution in [3.05, 3.63) is 64.4 Å². The van der Waals surface area contributed by atoms with Gasteiger partial charge in [-0.25, -0.2) is 0 Å². The molecule has 0 N–H and O–H groups in total. The number of thiophene rings is 1. The second-order valence-electron chi connectivity index (χ2n) is 5.44. The Labute approximate surface area is 139 Å². The van der Waals surface area contributed by atoms with Crippen LogP contribution in [-0.4, -0.2) is 30.9 Å². The normalized spacial score (nSPS) is 23.8. The molecule has 0 unspecified atom stereocenters. The average Bonchev–Trinajstić information content (AvgIpc) is 3.11. The van der Waals surface area contributed by atoms with Crippen molar-refractivity contribution in [2.75, 3.05) is 14.2 Å². The Morgan fingerprint density at radius 1 is 1.26 bits per heavy atom. The van der Waals surface area contributed by atoms with Crippen LogP contribution in [0.1, 0.15) is 16.5 Å². The van der Waals surface area contributed by atoms with Crippen molar-refractivity contribution in [1.29, 1.82) is 0 Å². The molecule has 1 fully saturated rings. The lowest BCUT2D eigenvalue weighted by Gasteiger charge is -2.50. The number of hydrogen-bond acceptors (Lipinski definition) is 4. The van der Waals surface area contributed by atoms with Crippen LogP contribution in [0.5, 0.6) is 0 Å². The van der Waals surface area contributed by atoms with Crippen molar-refractivity contribution in [3.8, 4) is 0 Å². The van der Waals surface area contributed by atoms with Gasteiger partial charge in [0.15, 0.2) is 5.41 Å². The Kier molecular flexibility index (Phi) is 4.05. The zero-order valence-electron chi connectivity index (χ0n) is 12.9. The van der Waals surface area contributed by atoms with Crippen LogP contribution in [0, 0.1) is 5.41 Å². The molecule has 2 aromatic rings. The molecule has 2 heterocycles. The Morgan fingerprint density at radius 2 is 2.00 bits per heavy atom. The van der Waals surface area contributed by atoms with E-state index < -0.39 is 11.4 Å². The van der Waals surface area contributed by atoms with Gasteiger partial charge in [0.1, 0.15) is 0 Å². The maximum atomic E-state index is 12.6. The van der Waals surface area contributed by atoms with Crippen LogP contribution in [-0.2, 0) is 14.3 Å². The van der Waals surface area contributed by atoms with E-state index in [-0.39, 0.29) is 11.9 Å². The van der Waals surface area contributed by atoms with E-state index in [9.17, 15) is 9.59 Å². The zero-order chi connectivity index (χ0) is 16.4. The minimum Gasteiger partial charge on any atom is -0.468 e. The molecule has 1 aromatic heterocycles. The number of amides is 1. The highest BCUT2D eigenvalue weighted by Gasteiger charge is 2.64. The number of nitrogens with zero attached hydrogens (tertiary/aromatic N) is 1. The molecule has 0 bridgehead atoms. The van der Waals surface area contributed by atoms with E-state index in [2.05, 4.69) is 0 Å². The first-order valence-corrected chi connectivity index (χ1v) is 8.12. The van der Waals surface area contributed by atoms with E-state index in [1.165, 1.54) is 18.4 Å². The lowest BCUT2D eigenvalue weighted by molar-refractivity contribution is -0.180. The van der Waals surface area contributed by atoms with Crippen LogP contribution >= 0.6 is 11.3 Å². The monoisotopic (exact) mass is 327 g/mol. The number of carbonyl (C=O) groups is 2. The van der Waals surface area contributed by atoms with Crippen LogP contribution in [0.3, 0.4) is 0 Å². The number of esters is 1. The molecule has 1 aliphatic rings. The molecule has 5 heteroatoms. The molecule has 0 saturated carbocycles.